The second-order valence-electron chi connectivity index (χ2n) is 12.9. The highest BCUT2D eigenvalue weighted by atomic mass is 16.3. The van der Waals surface area contributed by atoms with Crippen LogP contribution < -0.4 is 0 Å². The fourth-order valence-electron chi connectivity index (χ4n) is 5.88. The van der Waals surface area contributed by atoms with Gasteiger partial charge in [0.25, 0.3) is 0 Å². The molecule has 0 saturated heterocycles. The lowest BCUT2D eigenvalue weighted by Gasteiger charge is -2.37. The first kappa shape index (κ1) is 27.4. The molecule has 0 fully saturated rings. The number of phenols is 2. The van der Waals surface area contributed by atoms with Crippen molar-refractivity contribution in [2.24, 2.45) is 11.8 Å². The molecule has 0 amide bonds. The Labute approximate surface area is 214 Å². The number of hydrogen-bond donors (Lipinski definition) is 2. The average Bonchev–Trinajstić information content (AvgIpc) is 2.75. The van der Waals surface area contributed by atoms with Gasteiger partial charge in [-0.25, -0.2) is 0 Å². The first-order valence-electron chi connectivity index (χ1n) is 13.6. The molecule has 2 aromatic rings. The molecule has 1 aliphatic rings. The lowest BCUT2D eigenvalue weighted by atomic mass is 9.67. The second-order valence-corrected chi connectivity index (χ2v) is 12.9. The summed E-state index contributed by atoms with van der Waals surface area (Å²) in [6.07, 6.45) is 6.34. The number of benzene rings is 2. The zero-order valence-electron chi connectivity index (χ0n) is 23.8. The van der Waals surface area contributed by atoms with Crippen LogP contribution >= 0.6 is 0 Å². The summed E-state index contributed by atoms with van der Waals surface area (Å²) in [6.45, 7) is 21.9. The van der Waals surface area contributed by atoms with Crippen molar-refractivity contribution >= 4 is 0 Å². The number of allylic oxidation sites excluding steroid dienone is 2. The van der Waals surface area contributed by atoms with Crippen LogP contribution in [0.4, 0.5) is 0 Å². The molecule has 0 spiro atoms. The third kappa shape index (κ3) is 5.63. The summed E-state index contributed by atoms with van der Waals surface area (Å²) in [6, 6.07) is 8.77. The van der Waals surface area contributed by atoms with Gasteiger partial charge in [-0.15, -0.1) is 0 Å². The predicted octanol–water partition coefficient (Wildman–Crippen LogP) is 8.94. The standard InChI is InChI=1S/C33H48O2/c1-11-22-16-25(30(34)27(18-22)32(5,6)7)29(24-14-13-20(3)15-21(24)4)26-17-23(12-2)19-28(31(26)35)33(8,9)10/h15-19,21,24,29,34-35H,11-14H2,1-10H3. The van der Waals surface area contributed by atoms with Crippen LogP contribution in [-0.2, 0) is 23.7 Å². The highest BCUT2D eigenvalue weighted by Gasteiger charge is 2.37. The minimum atomic E-state index is -0.173. The Morgan fingerprint density at radius 3 is 1.57 bits per heavy atom. The van der Waals surface area contributed by atoms with Crippen molar-refractivity contribution in [3.8, 4) is 11.5 Å². The van der Waals surface area contributed by atoms with Gasteiger partial charge in [-0.05, 0) is 77.5 Å². The van der Waals surface area contributed by atoms with Crippen molar-refractivity contribution in [2.45, 2.75) is 112 Å². The van der Waals surface area contributed by atoms with Crippen LogP contribution in [0.1, 0.15) is 121 Å². The van der Waals surface area contributed by atoms with Gasteiger partial charge in [-0.2, -0.15) is 0 Å². The summed E-state index contributed by atoms with van der Waals surface area (Å²) in [4.78, 5) is 0. The number of hydrogen-bond acceptors (Lipinski definition) is 2. The predicted molar refractivity (Wildman–Crippen MR) is 150 cm³/mol. The summed E-state index contributed by atoms with van der Waals surface area (Å²) < 4.78 is 0. The molecule has 35 heavy (non-hydrogen) atoms. The number of phenolic OH excluding ortho intramolecular Hbond substituents is 2. The first-order valence-corrected chi connectivity index (χ1v) is 13.6. The Morgan fingerprint density at radius 1 is 0.800 bits per heavy atom. The average molecular weight is 477 g/mol. The Bertz CT molecular complexity index is 1020. The molecule has 0 bridgehead atoms. The molecule has 2 atom stereocenters. The molecule has 3 rings (SSSR count). The number of aryl methyl sites for hydroxylation is 2. The molecule has 1 aliphatic carbocycles. The fourth-order valence-corrected chi connectivity index (χ4v) is 5.88. The summed E-state index contributed by atoms with van der Waals surface area (Å²) in [7, 11) is 0. The molecule has 192 valence electrons. The van der Waals surface area contributed by atoms with E-state index < -0.39 is 0 Å². The van der Waals surface area contributed by atoms with Crippen molar-refractivity contribution in [2.75, 3.05) is 0 Å². The van der Waals surface area contributed by atoms with Gasteiger partial charge in [0.2, 0.25) is 0 Å². The maximum absolute atomic E-state index is 11.8. The molecule has 0 saturated carbocycles. The van der Waals surface area contributed by atoms with Crippen molar-refractivity contribution in [3.05, 3.63) is 69.3 Å². The summed E-state index contributed by atoms with van der Waals surface area (Å²) in [5, 5.41) is 23.6. The molecule has 0 heterocycles. The van der Waals surface area contributed by atoms with E-state index in [2.05, 4.69) is 99.6 Å². The van der Waals surface area contributed by atoms with Crippen molar-refractivity contribution < 1.29 is 10.2 Å². The van der Waals surface area contributed by atoms with Crippen LogP contribution in [0.2, 0.25) is 0 Å². The van der Waals surface area contributed by atoms with Gasteiger partial charge >= 0.3 is 0 Å². The SMILES string of the molecule is CCc1cc(C(c2cc(CC)cc(C(C)(C)C)c2O)C2CCC(C)=CC2C)c(O)c(C(C)(C)C)c1. The van der Waals surface area contributed by atoms with Gasteiger partial charge in [0.15, 0.2) is 0 Å². The van der Waals surface area contributed by atoms with Crippen LogP contribution in [0, 0.1) is 11.8 Å². The Kier molecular flexibility index (Phi) is 7.85. The van der Waals surface area contributed by atoms with Gasteiger partial charge in [0, 0.05) is 17.0 Å². The number of aromatic hydroxyl groups is 2. The quantitative estimate of drug-likeness (QED) is 0.423. The van der Waals surface area contributed by atoms with Crippen LogP contribution in [-0.4, -0.2) is 10.2 Å². The molecule has 2 aromatic carbocycles. The Balaban J connectivity index is 2.41. The van der Waals surface area contributed by atoms with Crippen molar-refractivity contribution in [1.82, 2.24) is 0 Å². The van der Waals surface area contributed by atoms with E-state index in [0.29, 0.717) is 23.3 Å². The highest BCUT2D eigenvalue weighted by molar-refractivity contribution is 5.57. The lowest BCUT2D eigenvalue weighted by Crippen LogP contribution is -2.25. The lowest BCUT2D eigenvalue weighted by molar-refractivity contribution is 0.318. The van der Waals surface area contributed by atoms with Crippen molar-refractivity contribution in [1.29, 1.82) is 0 Å². The van der Waals surface area contributed by atoms with E-state index >= 15 is 0 Å². The van der Waals surface area contributed by atoms with Gasteiger partial charge in [-0.1, -0.05) is 98.2 Å². The van der Waals surface area contributed by atoms with E-state index in [1.165, 1.54) is 16.7 Å². The molecule has 2 nitrogen and oxygen atoms in total. The van der Waals surface area contributed by atoms with Gasteiger partial charge in [0.1, 0.15) is 11.5 Å². The topological polar surface area (TPSA) is 40.5 Å². The molecule has 0 aromatic heterocycles. The van der Waals surface area contributed by atoms with E-state index in [9.17, 15) is 10.2 Å². The zero-order valence-corrected chi connectivity index (χ0v) is 23.8. The minimum Gasteiger partial charge on any atom is -0.507 e. The molecule has 2 unspecified atom stereocenters. The molecular weight excluding hydrogens is 428 g/mol. The van der Waals surface area contributed by atoms with E-state index in [4.69, 9.17) is 0 Å². The van der Waals surface area contributed by atoms with E-state index in [1.54, 1.807) is 0 Å². The fraction of sp³-hybridized carbons (Fsp3) is 0.576. The van der Waals surface area contributed by atoms with E-state index in [1.807, 2.05) is 0 Å². The smallest absolute Gasteiger partial charge is 0.123 e. The largest absolute Gasteiger partial charge is 0.507 e. The maximum Gasteiger partial charge on any atom is 0.123 e. The molecule has 2 N–H and O–H groups in total. The Hall–Kier alpha value is -2.22. The Morgan fingerprint density at radius 2 is 1.23 bits per heavy atom. The molecule has 0 aliphatic heterocycles. The van der Waals surface area contributed by atoms with Crippen LogP contribution in [0.15, 0.2) is 35.9 Å². The summed E-state index contributed by atoms with van der Waals surface area (Å²) in [5.41, 5.74) is 7.51. The van der Waals surface area contributed by atoms with Crippen LogP contribution in [0.25, 0.3) is 0 Å². The first-order chi connectivity index (χ1) is 16.2. The summed E-state index contributed by atoms with van der Waals surface area (Å²) >= 11 is 0. The second kappa shape index (κ2) is 10.0. The van der Waals surface area contributed by atoms with Crippen LogP contribution in [0.3, 0.4) is 0 Å². The number of rotatable bonds is 5. The molecule has 2 heteroatoms. The van der Waals surface area contributed by atoms with Gasteiger partial charge in [-0.3, -0.25) is 0 Å². The van der Waals surface area contributed by atoms with E-state index in [0.717, 1.165) is 47.9 Å². The van der Waals surface area contributed by atoms with Gasteiger partial charge in [0.05, 0.1) is 0 Å². The highest BCUT2D eigenvalue weighted by Crippen LogP contribution is 2.51. The molecule has 0 radical (unpaired) electrons. The molecular formula is C33H48O2. The van der Waals surface area contributed by atoms with E-state index in [-0.39, 0.29) is 16.7 Å². The monoisotopic (exact) mass is 476 g/mol. The van der Waals surface area contributed by atoms with Gasteiger partial charge < -0.3 is 10.2 Å². The zero-order chi connectivity index (χ0) is 26.3. The minimum absolute atomic E-state index is 0.0745. The maximum atomic E-state index is 11.8. The normalized spacial score (nSPS) is 19.2. The van der Waals surface area contributed by atoms with Crippen molar-refractivity contribution in [3.63, 3.8) is 0 Å². The summed E-state index contributed by atoms with van der Waals surface area (Å²) in [5.74, 6) is 1.39. The third-order valence-corrected chi connectivity index (χ3v) is 8.02. The van der Waals surface area contributed by atoms with Crippen LogP contribution in [0.5, 0.6) is 11.5 Å². The third-order valence-electron chi connectivity index (χ3n) is 8.02.